The minimum absolute atomic E-state index is 0.197. The molecule has 0 saturated carbocycles. The average molecular weight is 169 g/mol. The maximum absolute atomic E-state index is 11.7. The Morgan fingerprint density at radius 3 is 2.00 bits per heavy atom. The topological polar surface area (TPSA) is 20.3 Å². The normalized spacial score (nSPS) is 19.4. The predicted octanol–water partition coefficient (Wildman–Crippen LogP) is 2.04. The molecular formula is C10H19NO. The average Bonchev–Trinajstić information content (AvgIpc) is 2.03. The van der Waals surface area contributed by atoms with Gasteiger partial charge in [-0.1, -0.05) is 20.8 Å². The van der Waals surface area contributed by atoms with E-state index in [2.05, 4.69) is 0 Å². The van der Waals surface area contributed by atoms with Crippen molar-refractivity contribution in [2.45, 2.75) is 40.0 Å². The van der Waals surface area contributed by atoms with Crippen LogP contribution in [0.4, 0.5) is 0 Å². The Labute approximate surface area is 74.9 Å². The van der Waals surface area contributed by atoms with Crippen LogP contribution in [0.1, 0.15) is 40.0 Å². The van der Waals surface area contributed by atoms with E-state index in [1.807, 2.05) is 25.7 Å². The second kappa shape index (κ2) is 3.46. The highest BCUT2D eigenvalue weighted by atomic mass is 16.2. The van der Waals surface area contributed by atoms with E-state index in [-0.39, 0.29) is 5.41 Å². The molecule has 2 nitrogen and oxygen atoms in total. The largest absolute Gasteiger partial charge is 0.342 e. The molecule has 0 atom stereocenters. The molecule has 0 aromatic heterocycles. The Balaban J connectivity index is 2.51. The quantitative estimate of drug-likeness (QED) is 0.543. The van der Waals surface area contributed by atoms with E-state index in [1.165, 1.54) is 19.3 Å². The Hall–Kier alpha value is -0.530. The van der Waals surface area contributed by atoms with E-state index in [1.54, 1.807) is 0 Å². The van der Waals surface area contributed by atoms with Crippen LogP contribution in [0, 0.1) is 5.41 Å². The summed E-state index contributed by atoms with van der Waals surface area (Å²) in [6, 6.07) is 0. The van der Waals surface area contributed by atoms with Crippen molar-refractivity contribution in [2.24, 2.45) is 5.41 Å². The molecule has 0 unspecified atom stereocenters. The Morgan fingerprint density at radius 1 is 1.08 bits per heavy atom. The number of hydrogen-bond donors (Lipinski definition) is 0. The summed E-state index contributed by atoms with van der Waals surface area (Å²) in [5, 5.41) is 0. The van der Waals surface area contributed by atoms with Crippen LogP contribution in [-0.2, 0) is 4.79 Å². The minimum Gasteiger partial charge on any atom is -0.342 e. The van der Waals surface area contributed by atoms with Crippen molar-refractivity contribution in [1.82, 2.24) is 4.90 Å². The molecule has 1 heterocycles. The van der Waals surface area contributed by atoms with Gasteiger partial charge in [-0.2, -0.15) is 0 Å². The Kier molecular flexibility index (Phi) is 2.76. The number of nitrogens with zero attached hydrogens (tertiary/aromatic N) is 1. The SMILES string of the molecule is CC(C)(C)C(=O)N1CCCCC1. The van der Waals surface area contributed by atoms with Gasteiger partial charge in [0.05, 0.1) is 0 Å². The van der Waals surface area contributed by atoms with Crippen molar-refractivity contribution in [3.63, 3.8) is 0 Å². The van der Waals surface area contributed by atoms with Gasteiger partial charge in [0.2, 0.25) is 5.91 Å². The third-order valence-corrected chi connectivity index (χ3v) is 2.28. The zero-order valence-electron chi connectivity index (χ0n) is 8.39. The molecule has 0 N–H and O–H groups in total. The summed E-state index contributed by atoms with van der Waals surface area (Å²) in [6.07, 6.45) is 3.65. The maximum atomic E-state index is 11.7. The van der Waals surface area contributed by atoms with Crippen LogP contribution in [0.25, 0.3) is 0 Å². The molecule has 1 fully saturated rings. The molecule has 70 valence electrons. The van der Waals surface area contributed by atoms with E-state index < -0.39 is 0 Å². The van der Waals surface area contributed by atoms with Gasteiger partial charge < -0.3 is 4.90 Å². The highest BCUT2D eigenvalue weighted by Gasteiger charge is 2.27. The molecule has 1 rings (SSSR count). The lowest BCUT2D eigenvalue weighted by molar-refractivity contribution is -0.140. The van der Waals surface area contributed by atoms with Gasteiger partial charge in [0.25, 0.3) is 0 Å². The first-order valence-corrected chi connectivity index (χ1v) is 4.81. The summed E-state index contributed by atoms with van der Waals surface area (Å²) in [4.78, 5) is 13.7. The highest BCUT2D eigenvalue weighted by molar-refractivity contribution is 5.81. The van der Waals surface area contributed by atoms with Crippen molar-refractivity contribution >= 4 is 5.91 Å². The molecule has 1 amide bonds. The number of carbonyl (C=O) groups excluding carboxylic acids is 1. The molecule has 0 radical (unpaired) electrons. The van der Waals surface area contributed by atoms with Gasteiger partial charge in [-0.05, 0) is 19.3 Å². The first kappa shape index (κ1) is 9.56. The van der Waals surface area contributed by atoms with Crippen LogP contribution in [0.15, 0.2) is 0 Å². The molecule has 0 spiro atoms. The van der Waals surface area contributed by atoms with E-state index >= 15 is 0 Å². The van der Waals surface area contributed by atoms with Crippen LogP contribution in [-0.4, -0.2) is 23.9 Å². The van der Waals surface area contributed by atoms with Crippen molar-refractivity contribution in [3.8, 4) is 0 Å². The summed E-state index contributed by atoms with van der Waals surface area (Å²) >= 11 is 0. The van der Waals surface area contributed by atoms with Crippen molar-refractivity contribution in [2.75, 3.05) is 13.1 Å². The van der Waals surface area contributed by atoms with Gasteiger partial charge in [-0.25, -0.2) is 0 Å². The molecule has 0 bridgehead atoms. The summed E-state index contributed by atoms with van der Waals surface area (Å²) in [5.41, 5.74) is -0.197. The molecular weight excluding hydrogens is 150 g/mol. The zero-order chi connectivity index (χ0) is 9.19. The molecule has 1 aliphatic rings. The van der Waals surface area contributed by atoms with Gasteiger partial charge in [0.15, 0.2) is 0 Å². The number of piperidine rings is 1. The molecule has 0 aromatic rings. The highest BCUT2D eigenvalue weighted by Crippen LogP contribution is 2.20. The first-order chi connectivity index (χ1) is 5.52. The fraction of sp³-hybridized carbons (Fsp3) is 0.900. The lowest BCUT2D eigenvalue weighted by Crippen LogP contribution is -2.42. The number of likely N-dealkylation sites (tertiary alicyclic amines) is 1. The fourth-order valence-electron chi connectivity index (χ4n) is 1.57. The Morgan fingerprint density at radius 2 is 1.58 bits per heavy atom. The van der Waals surface area contributed by atoms with E-state index in [0.717, 1.165) is 13.1 Å². The lowest BCUT2D eigenvalue weighted by atomic mass is 9.93. The molecule has 0 aliphatic carbocycles. The fourth-order valence-corrected chi connectivity index (χ4v) is 1.57. The predicted molar refractivity (Wildman–Crippen MR) is 49.9 cm³/mol. The number of rotatable bonds is 0. The standard InChI is InChI=1S/C10H19NO/c1-10(2,3)9(12)11-7-5-4-6-8-11/h4-8H2,1-3H3. The van der Waals surface area contributed by atoms with Crippen LogP contribution in [0.2, 0.25) is 0 Å². The molecule has 0 aromatic carbocycles. The first-order valence-electron chi connectivity index (χ1n) is 4.81. The van der Waals surface area contributed by atoms with Crippen LogP contribution in [0.5, 0.6) is 0 Å². The van der Waals surface area contributed by atoms with Crippen molar-refractivity contribution in [3.05, 3.63) is 0 Å². The maximum Gasteiger partial charge on any atom is 0.227 e. The molecule has 2 heteroatoms. The third kappa shape index (κ3) is 2.23. The Bertz CT molecular complexity index is 163. The smallest absolute Gasteiger partial charge is 0.227 e. The summed E-state index contributed by atoms with van der Waals surface area (Å²) < 4.78 is 0. The summed E-state index contributed by atoms with van der Waals surface area (Å²) in [5.74, 6) is 0.308. The van der Waals surface area contributed by atoms with Crippen molar-refractivity contribution in [1.29, 1.82) is 0 Å². The van der Waals surface area contributed by atoms with Crippen LogP contribution < -0.4 is 0 Å². The molecule has 12 heavy (non-hydrogen) atoms. The van der Waals surface area contributed by atoms with E-state index in [9.17, 15) is 4.79 Å². The second-order valence-electron chi connectivity index (χ2n) is 4.60. The van der Waals surface area contributed by atoms with Gasteiger partial charge in [0.1, 0.15) is 0 Å². The van der Waals surface area contributed by atoms with Gasteiger partial charge in [-0.3, -0.25) is 4.79 Å². The molecule has 1 aliphatic heterocycles. The third-order valence-electron chi connectivity index (χ3n) is 2.28. The zero-order valence-corrected chi connectivity index (χ0v) is 8.39. The van der Waals surface area contributed by atoms with Crippen molar-refractivity contribution < 1.29 is 4.79 Å². The lowest BCUT2D eigenvalue weighted by Gasteiger charge is -2.32. The van der Waals surface area contributed by atoms with Gasteiger partial charge in [-0.15, -0.1) is 0 Å². The van der Waals surface area contributed by atoms with Crippen LogP contribution in [0.3, 0.4) is 0 Å². The van der Waals surface area contributed by atoms with Gasteiger partial charge in [0, 0.05) is 18.5 Å². The summed E-state index contributed by atoms with van der Waals surface area (Å²) in [6.45, 7) is 7.91. The monoisotopic (exact) mass is 169 g/mol. The van der Waals surface area contributed by atoms with Gasteiger partial charge >= 0.3 is 0 Å². The number of hydrogen-bond acceptors (Lipinski definition) is 1. The second-order valence-corrected chi connectivity index (χ2v) is 4.60. The number of amides is 1. The number of carbonyl (C=O) groups is 1. The van der Waals surface area contributed by atoms with E-state index in [0.29, 0.717) is 5.91 Å². The molecule has 1 saturated heterocycles. The van der Waals surface area contributed by atoms with E-state index in [4.69, 9.17) is 0 Å². The van der Waals surface area contributed by atoms with Crippen LogP contribution >= 0.6 is 0 Å². The summed E-state index contributed by atoms with van der Waals surface area (Å²) in [7, 11) is 0. The minimum atomic E-state index is -0.197.